The Morgan fingerprint density at radius 3 is 2.59 bits per heavy atom. The van der Waals surface area contributed by atoms with E-state index in [0.29, 0.717) is 0 Å². The van der Waals surface area contributed by atoms with Crippen molar-refractivity contribution in [3.8, 4) is 5.75 Å². The molecule has 0 aliphatic carbocycles. The molecule has 0 aliphatic rings. The topological polar surface area (TPSA) is 57.6 Å². The van der Waals surface area contributed by atoms with Gasteiger partial charge in [-0.3, -0.25) is 0 Å². The summed E-state index contributed by atoms with van der Waals surface area (Å²) in [6.45, 7) is 7.39. The Hall–Kier alpha value is -1.33. The normalized spacial score (nSPS) is 12.0. The molecule has 0 saturated carbocycles. The highest BCUT2D eigenvalue weighted by Gasteiger charge is 2.25. The number of hydrogen-bond acceptors (Lipinski definition) is 3. The number of phenols is 1. The first-order valence-electron chi connectivity index (χ1n) is 5.31. The van der Waals surface area contributed by atoms with Crippen LogP contribution in [0.15, 0.2) is 41.8 Å². The van der Waals surface area contributed by atoms with Crippen molar-refractivity contribution in [3.63, 3.8) is 0 Å². The van der Waals surface area contributed by atoms with E-state index in [2.05, 4.69) is 6.58 Å². The van der Waals surface area contributed by atoms with E-state index in [1.54, 1.807) is 19.9 Å². The molecule has 1 aromatic rings. The molecule has 17 heavy (non-hydrogen) atoms. The van der Waals surface area contributed by atoms with Gasteiger partial charge in [-0.2, -0.15) is 4.31 Å². The van der Waals surface area contributed by atoms with E-state index in [1.807, 2.05) is 0 Å². The van der Waals surface area contributed by atoms with Gasteiger partial charge >= 0.3 is 0 Å². The maximum Gasteiger partial charge on any atom is 0.243 e. The fraction of sp³-hybridized carbons (Fsp3) is 0.333. The van der Waals surface area contributed by atoms with E-state index >= 15 is 0 Å². The molecule has 0 bridgehead atoms. The molecule has 5 heteroatoms. The molecule has 94 valence electrons. The van der Waals surface area contributed by atoms with E-state index in [-0.39, 0.29) is 23.2 Å². The highest BCUT2D eigenvalue weighted by molar-refractivity contribution is 7.89. The van der Waals surface area contributed by atoms with Gasteiger partial charge in [0, 0.05) is 12.6 Å². The molecular weight excluding hydrogens is 238 g/mol. The second-order valence-corrected chi connectivity index (χ2v) is 5.85. The summed E-state index contributed by atoms with van der Waals surface area (Å²) in [4.78, 5) is 0.0908. The molecule has 0 saturated heterocycles. The minimum Gasteiger partial charge on any atom is -0.508 e. The molecular formula is C12H17NO3S. The van der Waals surface area contributed by atoms with Crippen molar-refractivity contribution in [1.82, 2.24) is 4.31 Å². The summed E-state index contributed by atoms with van der Waals surface area (Å²) in [7, 11) is -3.58. The average molecular weight is 255 g/mol. The molecule has 4 nitrogen and oxygen atoms in total. The maximum absolute atomic E-state index is 12.3. The Labute approximate surface area is 102 Å². The average Bonchev–Trinajstić information content (AvgIpc) is 2.25. The van der Waals surface area contributed by atoms with Gasteiger partial charge in [-0.1, -0.05) is 12.1 Å². The smallest absolute Gasteiger partial charge is 0.243 e. The summed E-state index contributed by atoms with van der Waals surface area (Å²) in [6.07, 6.45) is 1.54. The van der Waals surface area contributed by atoms with Crippen molar-refractivity contribution in [1.29, 1.82) is 0 Å². The van der Waals surface area contributed by atoms with E-state index in [4.69, 9.17) is 0 Å². The summed E-state index contributed by atoms with van der Waals surface area (Å²) in [5.41, 5.74) is 0. The first-order chi connectivity index (χ1) is 7.89. The Morgan fingerprint density at radius 1 is 1.47 bits per heavy atom. The Kier molecular flexibility index (Phi) is 4.31. The van der Waals surface area contributed by atoms with Gasteiger partial charge in [0.25, 0.3) is 0 Å². The van der Waals surface area contributed by atoms with Crippen molar-refractivity contribution in [2.45, 2.75) is 24.8 Å². The minimum absolute atomic E-state index is 0.0617. The van der Waals surface area contributed by atoms with Gasteiger partial charge in [0.1, 0.15) is 5.75 Å². The number of rotatable bonds is 5. The quantitative estimate of drug-likeness (QED) is 0.818. The molecule has 1 N–H and O–H groups in total. The lowest BCUT2D eigenvalue weighted by Gasteiger charge is -2.24. The number of phenolic OH excluding ortho intramolecular Hbond substituents is 1. The zero-order chi connectivity index (χ0) is 13.1. The second-order valence-electron chi connectivity index (χ2n) is 3.95. The monoisotopic (exact) mass is 255 g/mol. The van der Waals surface area contributed by atoms with Gasteiger partial charge in [0.15, 0.2) is 0 Å². The van der Waals surface area contributed by atoms with Crippen molar-refractivity contribution >= 4 is 10.0 Å². The van der Waals surface area contributed by atoms with Crippen LogP contribution in [-0.4, -0.2) is 30.4 Å². The molecule has 0 heterocycles. The lowest BCUT2D eigenvalue weighted by Crippen LogP contribution is -2.36. The van der Waals surface area contributed by atoms with Crippen LogP contribution in [0.4, 0.5) is 0 Å². The van der Waals surface area contributed by atoms with E-state index in [9.17, 15) is 13.5 Å². The summed E-state index contributed by atoms with van der Waals surface area (Å²) in [5, 5.41) is 9.32. The van der Waals surface area contributed by atoms with Crippen LogP contribution in [0, 0.1) is 0 Å². The zero-order valence-corrected chi connectivity index (χ0v) is 10.8. The van der Waals surface area contributed by atoms with Crippen molar-refractivity contribution in [3.05, 3.63) is 36.9 Å². The summed E-state index contributed by atoms with van der Waals surface area (Å²) in [5.74, 6) is -0.0617. The molecule has 0 spiro atoms. The molecule has 0 amide bonds. The van der Waals surface area contributed by atoms with Crippen LogP contribution < -0.4 is 0 Å². The lowest BCUT2D eigenvalue weighted by molar-refractivity contribution is 0.382. The second kappa shape index (κ2) is 5.33. The number of nitrogens with zero attached hydrogens (tertiary/aromatic N) is 1. The predicted molar refractivity (Wildman–Crippen MR) is 67.3 cm³/mol. The van der Waals surface area contributed by atoms with Crippen molar-refractivity contribution in [2.24, 2.45) is 0 Å². The summed E-state index contributed by atoms with van der Waals surface area (Å²) >= 11 is 0. The van der Waals surface area contributed by atoms with E-state index in [1.165, 1.54) is 28.6 Å². The minimum atomic E-state index is -3.58. The molecule has 0 aliphatic heterocycles. The fourth-order valence-electron chi connectivity index (χ4n) is 1.49. The third-order valence-corrected chi connectivity index (χ3v) is 4.35. The van der Waals surface area contributed by atoms with E-state index in [0.717, 1.165) is 0 Å². The van der Waals surface area contributed by atoms with Crippen LogP contribution in [0.1, 0.15) is 13.8 Å². The highest BCUT2D eigenvalue weighted by atomic mass is 32.2. The maximum atomic E-state index is 12.3. The summed E-state index contributed by atoms with van der Waals surface area (Å²) in [6, 6.07) is 5.49. The SMILES string of the molecule is C=CCN(C(C)C)S(=O)(=O)c1cccc(O)c1. The van der Waals surface area contributed by atoms with Gasteiger partial charge in [-0.25, -0.2) is 8.42 Å². The Bertz CT molecular complexity index is 494. The number of hydrogen-bond donors (Lipinski definition) is 1. The highest BCUT2D eigenvalue weighted by Crippen LogP contribution is 2.21. The van der Waals surface area contributed by atoms with Crippen LogP contribution in [0.5, 0.6) is 5.75 Å². The Balaban J connectivity index is 3.21. The van der Waals surface area contributed by atoms with Crippen molar-refractivity contribution < 1.29 is 13.5 Å². The summed E-state index contributed by atoms with van der Waals surface area (Å²) < 4.78 is 25.9. The van der Waals surface area contributed by atoms with Crippen LogP contribution in [0.3, 0.4) is 0 Å². The third-order valence-electron chi connectivity index (χ3n) is 2.31. The molecule has 0 atom stereocenters. The van der Waals surface area contributed by atoms with Gasteiger partial charge in [0.05, 0.1) is 4.90 Å². The zero-order valence-electron chi connectivity index (χ0n) is 10.00. The molecule has 0 unspecified atom stereocenters. The number of sulfonamides is 1. The largest absolute Gasteiger partial charge is 0.508 e. The van der Waals surface area contributed by atoms with E-state index < -0.39 is 10.0 Å². The first kappa shape index (κ1) is 13.7. The molecule has 1 rings (SSSR count). The third kappa shape index (κ3) is 3.08. The van der Waals surface area contributed by atoms with Crippen LogP contribution in [0.2, 0.25) is 0 Å². The van der Waals surface area contributed by atoms with Gasteiger partial charge < -0.3 is 5.11 Å². The molecule has 1 aromatic carbocycles. The van der Waals surface area contributed by atoms with Crippen molar-refractivity contribution in [2.75, 3.05) is 6.54 Å². The fourth-order valence-corrected chi connectivity index (χ4v) is 3.14. The standard InChI is InChI=1S/C12H17NO3S/c1-4-8-13(10(2)3)17(15,16)12-7-5-6-11(14)9-12/h4-7,9-10,14H,1,8H2,2-3H3. The van der Waals surface area contributed by atoms with Crippen LogP contribution >= 0.6 is 0 Å². The molecule has 0 radical (unpaired) electrons. The van der Waals surface area contributed by atoms with Gasteiger partial charge in [-0.05, 0) is 32.0 Å². The molecule has 0 fully saturated rings. The van der Waals surface area contributed by atoms with Gasteiger partial charge in [-0.15, -0.1) is 6.58 Å². The molecule has 0 aromatic heterocycles. The Morgan fingerprint density at radius 2 is 2.12 bits per heavy atom. The lowest BCUT2D eigenvalue weighted by atomic mass is 10.3. The van der Waals surface area contributed by atoms with Crippen LogP contribution in [0.25, 0.3) is 0 Å². The number of benzene rings is 1. The first-order valence-corrected chi connectivity index (χ1v) is 6.75. The number of aromatic hydroxyl groups is 1. The predicted octanol–water partition coefficient (Wildman–Crippen LogP) is 1.98. The van der Waals surface area contributed by atoms with Crippen LogP contribution in [-0.2, 0) is 10.0 Å². The van der Waals surface area contributed by atoms with Gasteiger partial charge in [0.2, 0.25) is 10.0 Å².